The Morgan fingerprint density at radius 1 is 1.16 bits per heavy atom. The molecule has 2 aromatic rings. The number of benzene rings is 1. The van der Waals surface area contributed by atoms with E-state index in [0.717, 1.165) is 10.4 Å². The van der Waals surface area contributed by atoms with Crippen LogP contribution in [-0.4, -0.2) is 15.5 Å². The Hall–Kier alpha value is -1.53. The van der Waals surface area contributed by atoms with Gasteiger partial charge in [-0.3, -0.25) is 4.31 Å². The van der Waals surface area contributed by atoms with Crippen LogP contribution in [0.1, 0.15) is 10.4 Å². The SMILES string of the molecule is Cc1ccc(S(=O)(=O)N(C)c2ccc(C)c(N)c2)s1. The number of sulfonamides is 1. The van der Waals surface area contributed by atoms with Crippen molar-refractivity contribution in [3.63, 3.8) is 0 Å². The number of aryl methyl sites for hydroxylation is 2. The quantitative estimate of drug-likeness (QED) is 0.886. The lowest BCUT2D eigenvalue weighted by Gasteiger charge is -2.19. The van der Waals surface area contributed by atoms with E-state index in [9.17, 15) is 8.42 Å². The average Bonchev–Trinajstić information content (AvgIpc) is 2.79. The Bertz CT molecular complexity index is 705. The largest absolute Gasteiger partial charge is 0.398 e. The van der Waals surface area contributed by atoms with Crippen LogP contribution >= 0.6 is 11.3 Å². The minimum Gasteiger partial charge on any atom is -0.398 e. The second kappa shape index (κ2) is 4.86. The van der Waals surface area contributed by atoms with Crippen molar-refractivity contribution >= 4 is 32.7 Å². The summed E-state index contributed by atoms with van der Waals surface area (Å²) in [7, 11) is -1.97. The van der Waals surface area contributed by atoms with Gasteiger partial charge in [0.1, 0.15) is 4.21 Å². The maximum absolute atomic E-state index is 12.4. The molecule has 0 aliphatic rings. The minimum atomic E-state index is -3.50. The lowest BCUT2D eigenvalue weighted by Crippen LogP contribution is -2.25. The highest BCUT2D eigenvalue weighted by atomic mass is 32.2. The molecule has 0 aliphatic carbocycles. The van der Waals surface area contributed by atoms with E-state index in [1.807, 2.05) is 19.9 Å². The van der Waals surface area contributed by atoms with Crippen molar-refractivity contribution in [3.05, 3.63) is 40.8 Å². The Kier molecular flexibility index (Phi) is 3.56. The van der Waals surface area contributed by atoms with E-state index in [2.05, 4.69) is 0 Å². The van der Waals surface area contributed by atoms with Crippen molar-refractivity contribution < 1.29 is 8.42 Å². The van der Waals surface area contributed by atoms with E-state index in [4.69, 9.17) is 5.73 Å². The average molecular weight is 296 g/mol. The number of hydrogen-bond acceptors (Lipinski definition) is 4. The molecule has 0 saturated heterocycles. The molecule has 0 spiro atoms. The highest BCUT2D eigenvalue weighted by Crippen LogP contribution is 2.28. The fraction of sp³-hybridized carbons (Fsp3) is 0.231. The standard InChI is InChI=1S/C13H16N2O2S2/c1-9-4-6-11(8-12(9)14)15(3)19(16,17)13-7-5-10(2)18-13/h4-8H,14H2,1-3H3. The summed E-state index contributed by atoms with van der Waals surface area (Å²) in [6.45, 7) is 3.77. The van der Waals surface area contributed by atoms with Crippen LogP contribution in [0.3, 0.4) is 0 Å². The summed E-state index contributed by atoms with van der Waals surface area (Å²) < 4.78 is 26.5. The van der Waals surface area contributed by atoms with E-state index in [1.54, 1.807) is 24.3 Å². The Labute approximate surface area is 117 Å². The molecule has 102 valence electrons. The zero-order valence-electron chi connectivity index (χ0n) is 11.0. The molecule has 6 heteroatoms. The number of rotatable bonds is 3. The third kappa shape index (κ3) is 2.59. The molecule has 0 aliphatic heterocycles. The fourth-order valence-electron chi connectivity index (χ4n) is 1.65. The summed E-state index contributed by atoms with van der Waals surface area (Å²) in [5, 5.41) is 0. The predicted molar refractivity (Wildman–Crippen MR) is 80.2 cm³/mol. The number of nitrogens with two attached hydrogens (primary N) is 1. The third-order valence-electron chi connectivity index (χ3n) is 2.96. The normalized spacial score (nSPS) is 11.5. The van der Waals surface area contributed by atoms with Crippen LogP contribution in [0.25, 0.3) is 0 Å². The fourth-order valence-corrected chi connectivity index (χ4v) is 4.29. The van der Waals surface area contributed by atoms with Gasteiger partial charge in [-0.2, -0.15) is 0 Å². The summed E-state index contributed by atoms with van der Waals surface area (Å²) in [6, 6.07) is 8.67. The van der Waals surface area contributed by atoms with Crippen LogP contribution < -0.4 is 10.0 Å². The summed E-state index contributed by atoms with van der Waals surface area (Å²) >= 11 is 1.26. The first kappa shape index (κ1) is 13.9. The molecule has 0 atom stereocenters. The third-order valence-corrected chi connectivity index (χ3v) is 6.21. The summed E-state index contributed by atoms with van der Waals surface area (Å²) in [5.74, 6) is 0. The highest BCUT2D eigenvalue weighted by molar-refractivity contribution is 7.94. The van der Waals surface area contributed by atoms with Crippen LogP contribution in [0.2, 0.25) is 0 Å². The van der Waals surface area contributed by atoms with Crippen molar-refractivity contribution in [2.45, 2.75) is 18.1 Å². The second-order valence-electron chi connectivity index (χ2n) is 4.38. The monoisotopic (exact) mass is 296 g/mol. The van der Waals surface area contributed by atoms with Crippen molar-refractivity contribution in [3.8, 4) is 0 Å². The molecular weight excluding hydrogens is 280 g/mol. The Morgan fingerprint density at radius 3 is 2.37 bits per heavy atom. The van der Waals surface area contributed by atoms with Gasteiger partial charge in [0, 0.05) is 17.6 Å². The number of nitrogen functional groups attached to an aromatic ring is 1. The van der Waals surface area contributed by atoms with Gasteiger partial charge in [-0.15, -0.1) is 11.3 Å². The van der Waals surface area contributed by atoms with Crippen LogP contribution in [-0.2, 0) is 10.0 Å². The second-order valence-corrected chi connectivity index (χ2v) is 7.86. The lowest BCUT2D eigenvalue weighted by molar-refractivity contribution is 0.596. The van der Waals surface area contributed by atoms with Crippen LogP contribution in [0.5, 0.6) is 0 Å². The van der Waals surface area contributed by atoms with Gasteiger partial charge in [0.2, 0.25) is 0 Å². The van der Waals surface area contributed by atoms with Crippen LogP contribution in [0, 0.1) is 13.8 Å². The molecule has 1 aromatic heterocycles. The molecule has 0 fully saturated rings. The van der Waals surface area contributed by atoms with E-state index in [1.165, 1.54) is 22.7 Å². The molecule has 2 N–H and O–H groups in total. The molecule has 1 heterocycles. The first-order chi connectivity index (χ1) is 8.82. The van der Waals surface area contributed by atoms with Gasteiger partial charge < -0.3 is 5.73 Å². The van der Waals surface area contributed by atoms with Gasteiger partial charge >= 0.3 is 0 Å². The molecule has 4 nitrogen and oxygen atoms in total. The molecular formula is C13H16N2O2S2. The molecule has 0 bridgehead atoms. The number of thiophene rings is 1. The van der Waals surface area contributed by atoms with Gasteiger partial charge in [0.05, 0.1) is 5.69 Å². The van der Waals surface area contributed by atoms with Crippen molar-refractivity contribution in [1.29, 1.82) is 0 Å². The van der Waals surface area contributed by atoms with Gasteiger partial charge in [-0.1, -0.05) is 6.07 Å². The minimum absolute atomic E-state index is 0.339. The summed E-state index contributed by atoms with van der Waals surface area (Å²) in [5.41, 5.74) is 7.91. The zero-order valence-corrected chi connectivity index (χ0v) is 12.7. The predicted octanol–water partition coefficient (Wildman–Crippen LogP) is 2.77. The van der Waals surface area contributed by atoms with Gasteiger partial charge in [0.25, 0.3) is 10.0 Å². The van der Waals surface area contributed by atoms with E-state index >= 15 is 0 Å². The smallest absolute Gasteiger partial charge is 0.273 e. The van der Waals surface area contributed by atoms with Crippen molar-refractivity contribution in [2.24, 2.45) is 0 Å². The number of anilines is 2. The van der Waals surface area contributed by atoms with Crippen molar-refractivity contribution in [2.75, 3.05) is 17.1 Å². The number of nitrogens with zero attached hydrogens (tertiary/aromatic N) is 1. The van der Waals surface area contributed by atoms with Crippen LogP contribution in [0.15, 0.2) is 34.5 Å². The van der Waals surface area contributed by atoms with E-state index < -0.39 is 10.0 Å². The summed E-state index contributed by atoms with van der Waals surface area (Å²) in [6.07, 6.45) is 0. The molecule has 19 heavy (non-hydrogen) atoms. The zero-order chi connectivity index (χ0) is 14.2. The highest BCUT2D eigenvalue weighted by Gasteiger charge is 2.23. The molecule has 2 rings (SSSR count). The summed E-state index contributed by atoms with van der Waals surface area (Å²) in [4.78, 5) is 0.968. The van der Waals surface area contributed by atoms with Gasteiger partial charge in [-0.05, 0) is 43.7 Å². The van der Waals surface area contributed by atoms with Gasteiger partial charge in [0.15, 0.2) is 0 Å². The van der Waals surface area contributed by atoms with Crippen molar-refractivity contribution in [1.82, 2.24) is 0 Å². The van der Waals surface area contributed by atoms with E-state index in [-0.39, 0.29) is 0 Å². The molecule has 0 amide bonds. The molecule has 1 aromatic carbocycles. The number of hydrogen-bond donors (Lipinski definition) is 1. The maximum Gasteiger partial charge on any atom is 0.273 e. The van der Waals surface area contributed by atoms with Crippen LogP contribution in [0.4, 0.5) is 11.4 Å². The first-order valence-electron chi connectivity index (χ1n) is 5.74. The Balaban J connectivity index is 2.43. The van der Waals surface area contributed by atoms with E-state index in [0.29, 0.717) is 15.6 Å². The Morgan fingerprint density at radius 2 is 1.84 bits per heavy atom. The molecule has 0 radical (unpaired) electrons. The van der Waals surface area contributed by atoms with Gasteiger partial charge in [-0.25, -0.2) is 8.42 Å². The maximum atomic E-state index is 12.4. The molecule has 0 unspecified atom stereocenters. The first-order valence-corrected chi connectivity index (χ1v) is 7.99. The lowest BCUT2D eigenvalue weighted by atomic mass is 10.2. The topological polar surface area (TPSA) is 63.4 Å². The molecule has 0 saturated carbocycles.